The Labute approximate surface area is 89.6 Å². The van der Waals surface area contributed by atoms with Crippen molar-refractivity contribution in [3.8, 4) is 0 Å². The Bertz CT molecular complexity index is 183. The maximum Gasteiger partial charge on any atom is 1.00 e. The van der Waals surface area contributed by atoms with E-state index in [1.54, 1.807) is 0 Å². The maximum absolute atomic E-state index is 8.65. The summed E-state index contributed by atoms with van der Waals surface area (Å²) in [5.74, 6) is 0. The molecule has 0 saturated carbocycles. The van der Waals surface area contributed by atoms with E-state index < -0.39 is 6.35 Å². The summed E-state index contributed by atoms with van der Waals surface area (Å²) in [6, 6.07) is 0. The second-order valence-electron chi connectivity index (χ2n) is 1.25. The summed E-state index contributed by atoms with van der Waals surface area (Å²) in [5.41, 5.74) is 0. The normalized spacial score (nSPS) is 23.7. The van der Waals surface area contributed by atoms with Crippen LogP contribution in [0.5, 0.6) is 0 Å². The molecule has 0 bridgehead atoms. The van der Waals surface area contributed by atoms with Crippen LogP contribution in [-0.2, 0) is 0 Å². The molecule has 1 unspecified atom stereocenters. The van der Waals surface area contributed by atoms with E-state index in [0.29, 0.717) is 0 Å². The Morgan fingerprint density at radius 3 is 2.50 bits per heavy atom. The van der Waals surface area contributed by atoms with E-state index in [4.69, 9.17) is 28.3 Å². The number of halogens is 2. The minimum atomic E-state index is -1.19. The van der Waals surface area contributed by atoms with Gasteiger partial charge >= 0.3 is 29.6 Å². The van der Waals surface area contributed by atoms with Gasteiger partial charge in [0.1, 0.15) is 5.29 Å². The number of aliphatic hydroxyl groups excluding tert-OH is 1. The van der Waals surface area contributed by atoms with Crippen molar-refractivity contribution in [1.29, 1.82) is 0 Å². The number of nitrogens with zero attached hydrogens (tertiary/aromatic N) is 3. The zero-order valence-corrected chi connectivity index (χ0v) is 8.63. The van der Waals surface area contributed by atoms with Crippen LogP contribution in [0.3, 0.4) is 0 Å². The van der Waals surface area contributed by atoms with Gasteiger partial charge in [-0.15, -0.1) is 0 Å². The van der Waals surface area contributed by atoms with Crippen molar-refractivity contribution in [2.24, 2.45) is 9.98 Å². The smallest absolute Gasteiger partial charge is 0.409 e. The molecule has 0 aliphatic carbocycles. The summed E-state index contributed by atoms with van der Waals surface area (Å²) in [6.07, 6.45) is -1.19. The summed E-state index contributed by atoms with van der Waals surface area (Å²) in [7, 11) is 0. The van der Waals surface area contributed by atoms with Crippen LogP contribution >= 0.6 is 23.2 Å². The Balaban J connectivity index is 0.000000810. The van der Waals surface area contributed by atoms with Crippen molar-refractivity contribution in [2.75, 3.05) is 0 Å². The Morgan fingerprint density at radius 1 is 1.50 bits per heavy atom. The zero-order chi connectivity index (χ0) is 6.85. The van der Waals surface area contributed by atoms with E-state index in [0.717, 1.165) is 0 Å². The Kier molecular flexibility index (Phi) is 4.84. The van der Waals surface area contributed by atoms with Crippen LogP contribution in [0.15, 0.2) is 9.98 Å². The van der Waals surface area contributed by atoms with Gasteiger partial charge in [0.2, 0.25) is 0 Å². The average molecular weight is 190 g/mol. The second kappa shape index (κ2) is 4.54. The maximum atomic E-state index is 8.65. The van der Waals surface area contributed by atoms with E-state index in [-0.39, 0.29) is 40.1 Å². The van der Waals surface area contributed by atoms with E-state index in [2.05, 4.69) is 15.3 Å². The summed E-state index contributed by atoms with van der Waals surface area (Å²) in [4.78, 5) is 6.74. The van der Waals surface area contributed by atoms with Crippen LogP contribution in [0.1, 0.15) is 0 Å². The fraction of sp³-hybridized carbons (Fsp3) is 0.333. The first kappa shape index (κ1) is 10.7. The van der Waals surface area contributed by atoms with E-state index in [1.165, 1.54) is 0 Å². The van der Waals surface area contributed by atoms with Gasteiger partial charge in [0.15, 0.2) is 6.35 Å². The fourth-order valence-electron chi connectivity index (χ4n) is 0.353. The first-order chi connectivity index (χ1) is 4.18. The predicted octanol–water partition coefficient (Wildman–Crippen LogP) is -2.16. The van der Waals surface area contributed by atoms with E-state index in [1.807, 2.05) is 0 Å². The molecule has 50 valence electrons. The van der Waals surface area contributed by atoms with Crippen LogP contribution in [0.4, 0.5) is 0 Å². The topological polar surface area (TPSA) is 59.1 Å². The second-order valence-corrected chi connectivity index (χ2v) is 1.93. The molecule has 10 heavy (non-hydrogen) atoms. The molecule has 1 rings (SSSR count). The van der Waals surface area contributed by atoms with Crippen LogP contribution in [0.2, 0.25) is 0 Å². The Morgan fingerprint density at radius 2 is 2.10 bits per heavy atom. The summed E-state index contributed by atoms with van der Waals surface area (Å²) in [6.45, 7) is 0. The molecule has 0 saturated heterocycles. The van der Waals surface area contributed by atoms with E-state index in [9.17, 15) is 0 Å². The molecule has 0 amide bonds. The van der Waals surface area contributed by atoms with Gasteiger partial charge in [0, 0.05) is 5.29 Å². The third kappa shape index (κ3) is 3.18. The molecule has 7 heteroatoms. The van der Waals surface area contributed by atoms with Crippen LogP contribution in [0.25, 0.3) is 5.32 Å². The van der Waals surface area contributed by atoms with Gasteiger partial charge in [-0.1, -0.05) is 23.2 Å². The molecule has 1 aliphatic rings. The average Bonchev–Trinajstić information content (AvgIpc) is 1.59. The molecule has 1 aliphatic heterocycles. The molecule has 0 aromatic heterocycles. The van der Waals surface area contributed by atoms with Gasteiger partial charge in [-0.3, -0.25) is 0 Å². The van der Waals surface area contributed by atoms with Crippen LogP contribution in [0, 0.1) is 0 Å². The molecule has 0 fully saturated rings. The minimum Gasteiger partial charge on any atom is -0.409 e. The van der Waals surface area contributed by atoms with Crippen molar-refractivity contribution in [1.82, 2.24) is 0 Å². The number of rotatable bonds is 0. The number of aliphatic hydroxyl groups is 1. The SMILES string of the molecule is OC1N=C(Cl)N=C(Cl)[N-]1.[Na+]. The number of hydrogen-bond acceptors (Lipinski definition) is 3. The molecule has 0 aromatic rings. The summed E-state index contributed by atoms with van der Waals surface area (Å²) >= 11 is 10.5. The number of hydrogen-bond donors (Lipinski definition) is 1. The predicted molar refractivity (Wildman–Crippen MR) is 35.9 cm³/mol. The van der Waals surface area contributed by atoms with Gasteiger partial charge in [-0.2, -0.15) is 0 Å². The van der Waals surface area contributed by atoms with Crippen molar-refractivity contribution >= 4 is 33.8 Å². The van der Waals surface area contributed by atoms with Gasteiger partial charge in [-0.25, -0.2) is 4.99 Å². The monoisotopic (exact) mass is 189 g/mol. The molecular weight excluding hydrogens is 188 g/mol. The molecule has 4 nitrogen and oxygen atoms in total. The Hall–Kier alpha value is 0.680. The summed E-state index contributed by atoms with van der Waals surface area (Å²) < 4.78 is 0. The van der Waals surface area contributed by atoms with E-state index >= 15 is 0 Å². The van der Waals surface area contributed by atoms with Gasteiger partial charge in [0.05, 0.1) is 0 Å². The largest absolute Gasteiger partial charge is 1.00 e. The number of aliphatic imine (C=N–C) groups is 2. The van der Waals surface area contributed by atoms with Gasteiger partial charge in [0.25, 0.3) is 0 Å². The van der Waals surface area contributed by atoms with Crippen LogP contribution < -0.4 is 29.6 Å². The van der Waals surface area contributed by atoms with Crippen molar-refractivity contribution in [2.45, 2.75) is 6.35 Å². The molecule has 1 atom stereocenters. The summed E-state index contributed by atoms with van der Waals surface area (Å²) in [5, 5.41) is 11.8. The molecule has 1 heterocycles. The van der Waals surface area contributed by atoms with Gasteiger partial charge < -0.3 is 15.4 Å². The van der Waals surface area contributed by atoms with Crippen molar-refractivity contribution in [3.63, 3.8) is 0 Å². The standard InChI is InChI=1S/C3H2Cl2N3O.Na/c4-1-6-2(5)8-3(9)7-1;/h3,9H;/q-1;+1. The third-order valence-corrected chi connectivity index (χ3v) is 0.993. The molecule has 1 N–H and O–H groups in total. The van der Waals surface area contributed by atoms with Gasteiger partial charge in [-0.05, 0) is 0 Å². The fourth-order valence-corrected chi connectivity index (χ4v) is 0.731. The first-order valence-electron chi connectivity index (χ1n) is 2.05. The molecular formula is C3H2Cl2N3NaO. The quantitative estimate of drug-likeness (QED) is 0.343. The van der Waals surface area contributed by atoms with Crippen molar-refractivity contribution < 1.29 is 34.7 Å². The number of amidine groups is 2. The third-order valence-electron chi connectivity index (χ3n) is 0.629. The zero-order valence-electron chi connectivity index (χ0n) is 5.12. The van der Waals surface area contributed by atoms with Crippen molar-refractivity contribution in [3.05, 3.63) is 5.32 Å². The minimum absolute atomic E-state index is 0. The first-order valence-corrected chi connectivity index (χ1v) is 2.80. The van der Waals surface area contributed by atoms with Crippen LogP contribution in [-0.4, -0.2) is 22.0 Å². The molecule has 0 spiro atoms. The molecule has 0 radical (unpaired) electrons. The molecule has 0 aromatic carbocycles.